The highest BCUT2D eigenvalue weighted by atomic mass is 35.5. The molecule has 0 bridgehead atoms. The molecule has 1 aliphatic rings. The maximum atomic E-state index is 14.0. The molecule has 2 unspecified atom stereocenters. The second-order valence-corrected chi connectivity index (χ2v) is 7.66. The van der Waals surface area contributed by atoms with Crippen LogP contribution in [0.1, 0.15) is 37.9 Å². The smallest absolute Gasteiger partial charge is 0.144 e. The third-order valence-electron chi connectivity index (χ3n) is 4.13. The molecule has 0 spiro atoms. The van der Waals surface area contributed by atoms with E-state index in [9.17, 15) is 4.39 Å². The number of benzene rings is 1. The van der Waals surface area contributed by atoms with Crippen molar-refractivity contribution < 1.29 is 4.39 Å². The minimum absolute atomic E-state index is 0.130. The van der Waals surface area contributed by atoms with Crippen LogP contribution in [-0.4, -0.2) is 12.4 Å². The third-order valence-corrected chi connectivity index (χ3v) is 4.38. The first kappa shape index (κ1) is 26.1. The number of allylic oxidation sites excluding steroid dienone is 10. The van der Waals surface area contributed by atoms with Crippen molar-refractivity contribution >= 4 is 17.8 Å². The molecule has 2 rings (SSSR count). The van der Waals surface area contributed by atoms with Crippen molar-refractivity contribution in [3.05, 3.63) is 119 Å². The number of nitrogens with zero attached hydrogens (tertiary/aromatic N) is 1. The summed E-state index contributed by atoms with van der Waals surface area (Å²) < 4.78 is 14.0. The number of alkyl halides is 1. The Balaban J connectivity index is 0.000000512. The van der Waals surface area contributed by atoms with Crippen LogP contribution in [0.25, 0.3) is 0 Å². The molecule has 164 valence electrons. The standard InChI is InChI=1S/C20H21ClFN.C7H11N/c1-14-5-4-6-18(13-14)16(3)23-15(2)7-8-17-9-10-19(21)11-12-20(17)22;1-4-5-8-6-7(2)3/h4-13,16,20,23H,2H2,1,3H3;4-6H,2H2,1,3H3/b8-7+;5-4-,8-6?. The summed E-state index contributed by atoms with van der Waals surface area (Å²) in [6.45, 7) is 15.6. The molecule has 0 saturated heterocycles. The quantitative estimate of drug-likeness (QED) is 0.340. The Hall–Kier alpha value is -2.91. The van der Waals surface area contributed by atoms with Crippen LogP contribution in [0.3, 0.4) is 0 Å². The van der Waals surface area contributed by atoms with E-state index in [1.165, 1.54) is 17.2 Å². The van der Waals surface area contributed by atoms with Crippen LogP contribution in [0.2, 0.25) is 0 Å². The van der Waals surface area contributed by atoms with Crippen LogP contribution in [0.4, 0.5) is 4.39 Å². The highest BCUT2D eigenvalue weighted by molar-refractivity contribution is 6.31. The number of halogens is 2. The van der Waals surface area contributed by atoms with Crippen LogP contribution in [0, 0.1) is 6.92 Å². The Morgan fingerprint density at radius 3 is 2.68 bits per heavy atom. The molecule has 1 N–H and O–H groups in total. The molecular weight excluding hydrogens is 407 g/mol. The van der Waals surface area contributed by atoms with E-state index < -0.39 is 6.17 Å². The van der Waals surface area contributed by atoms with Gasteiger partial charge >= 0.3 is 0 Å². The number of hydrogen-bond donors (Lipinski definition) is 1. The Kier molecular flexibility index (Phi) is 11.9. The zero-order chi connectivity index (χ0) is 23.2. The summed E-state index contributed by atoms with van der Waals surface area (Å²) in [4.78, 5) is 3.88. The zero-order valence-corrected chi connectivity index (χ0v) is 19.5. The lowest BCUT2D eigenvalue weighted by molar-refractivity contribution is 0.456. The Morgan fingerprint density at radius 2 is 2.03 bits per heavy atom. The van der Waals surface area contributed by atoms with Gasteiger partial charge in [0.2, 0.25) is 0 Å². The van der Waals surface area contributed by atoms with Gasteiger partial charge in [-0.1, -0.05) is 72.8 Å². The number of rotatable bonds is 7. The fourth-order valence-corrected chi connectivity index (χ4v) is 2.70. The molecule has 0 aromatic heterocycles. The molecule has 1 aromatic carbocycles. The number of aliphatic imine (C=N–C) groups is 1. The Labute approximate surface area is 191 Å². The van der Waals surface area contributed by atoms with Crippen molar-refractivity contribution in [2.75, 3.05) is 0 Å². The monoisotopic (exact) mass is 438 g/mol. The van der Waals surface area contributed by atoms with E-state index in [-0.39, 0.29) is 6.04 Å². The first-order valence-electron chi connectivity index (χ1n) is 10.1. The van der Waals surface area contributed by atoms with Gasteiger partial charge < -0.3 is 5.32 Å². The lowest BCUT2D eigenvalue weighted by Gasteiger charge is -2.16. The molecule has 0 heterocycles. The fraction of sp³-hybridized carbons (Fsp3) is 0.222. The maximum absolute atomic E-state index is 14.0. The van der Waals surface area contributed by atoms with Gasteiger partial charge in [0.05, 0.1) is 0 Å². The first-order valence-corrected chi connectivity index (χ1v) is 10.5. The van der Waals surface area contributed by atoms with Crippen LogP contribution < -0.4 is 5.32 Å². The number of nitrogens with one attached hydrogen (secondary N) is 1. The number of aryl methyl sites for hydroxylation is 1. The highest BCUT2D eigenvalue weighted by Gasteiger charge is 2.09. The normalized spacial score (nSPS) is 17.0. The van der Waals surface area contributed by atoms with Crippen LogP contribution >= 0.6 is 11.6 Å². The predicted octanol–water partition coefficient (Wildman–Crippen LogP) is 7.84. The first-order chi connectivity index (χ1) is 14.7. The van der Waals surface area contributed by atoms with E-state index in [2.05, 4.69) is 55.5 Å². The second-order valence-electron chi connectivity index (χ2n) is 7.22. The summed E-state index contributed by atoms with van der Waals surface area (Å²) in [7, 11) is 0. The molecule has 2 nitrogen and oxygen atoms in total. The molecule has 2 atom stereocenters. The molecule has 0 amide bonds. The highest BCUT2D eigenvalue weighted by Crippen LogP contribution is 2.19. The van der Waals surface area contributed by atoms with E-state index in [0.29, 0.717) is 10.6 Å². The van der Waals surface area contributed by atoms with Gasteiger partial charge in [-0.05, 0) is 68.7 Å². The molecule has 0 radical (unpaired) electrons. The summed E-state index contributed by atoms with van der Waals surface area (Å²) in [6.07, 6.45) is 14.0. The maximum Gasteiger partial charge on any atom is 0.144 e. The van der Waals surface area contributed by atoms with Crippen molar-refractivity contribution in [1.82, 2.24) is 5.32 Å². The van der Waals surface area contributed by atoms with Gasteiger partial charge in [-0.3, -0.25) is 4.99 Å². The minimum atomic E-state index is -1.17. The van der Waals surface area contributed by atoms with Crippen LogP contribution in [0.15, 0.2) is 113 Å². The van der Waals surface area contributed by atoms with Gasteiger partial charge in [-0.25, -0.2) is 4.39 Å². The van der Waals surface area contributed by atoms with Gasteiger partial charge in [0.1, 0.15) is 6.17 Å². The summed E-state index contributed by atoms with van der Waals surface area (Å²) in [5.74, 6) is 0. The van der Waals surface area contributed by atoms with E-state index in [0.717, 1.165) is 11.3 Å². The molecule has 31 heavy (non-hydrogen) atoms. The summed E-state index contributed by atoms with van der Waals surface area (Å²) >= 11 is 5.87. The summed E-state index contributed by atoms with van der Waals surface area (Å²) in [6, 6.07) is 8.44. The van der Waals surface area contributed by atoms with E-state index >= 15 is 0 Å². The minimum Gasteiger partial charge on any atom is -0.379 e. The summed E-state index contributed by atoms with van der Waals surface area (Å²) in [5, 5.41) is 3.83. The van der Waals surface area contributed by atoms with Gasteiger partial charge in [0.25, 0.3) is 0 Å². The second kappa shape index (κ2) is 14.2. The predicted molar refractivity (Wildman–Crippen MR) is 135 cm³/mol. The van der Waals surface area contributed by atoms with Crippen molar-refractivity contribution in [2.24, 2.45) is 4.99 Å². The van der Waals surface area contributed by atoms with Gasteiger partial charge in [0.15, 0.2) is 0 Å². The fourth-order valence-electron chi connectivity index (χ4n) is 2.56. The summed E-state index contributed by atoms with van der Waals surface area (Å²) in [5.41, 5.74) is 4.66. The molecule has 4 heteroatoms. The Morgan fingerprint density at radius 1 is 1.29 bits per heavy atom. The van der Waals surface area contributed by atoms with Gasteiger partial charge in [-0.15, -0.1) is 0 Å². The topological polar surface area (TPSA) is 24.4 Å². The van der Waals surface area contributed by atoms with Gasteiger partial charge in [-0.2, -0.15) is 0 Å². The van der Waals surface area contributed by atoms with Crippen LogP contribution in [-0.2, 0) is 0 Å². The van der Waals surface area contributed by atoms with Crippen molar-refractivity contribution in [3.8, 4) is 0 Å². The van der Waals surface area contributed by atoms with E-state index in [1.54, 1.807) is 42.8 Å². The zero-order valence-electron chi connectivity index (χ0n) is 18.8. The Bertz CT molecular complexity index is 932. The SMILES string of the molecule is C=C(/C=C/C1=CC=C(Cl)C=CC1F)NC(C)c1cccc(C)c1.C=C(C)C=N/C=C\C. The molecule has 1 aliphatic carbocycles. The average Bonchev–Trinajstić information content (AvgIpc) is 2.88. The molecular formula is C27H32ClFN2. The molecule has 1 aromatic rings. The van der Waals surface area contributed by atoms with E-state index in [1.807, 2.05) is 26.0 Å². The third kappa shape index (κ3) is 11.2. The molecule has 0 saturated carbocycles. The van der Waals surface area contributed by atoms with Gasteiger partial charge in [0, 0.05) is 29.2 Å². The lowest BCUT2D eigenvalue weighted by Crippen LogP contribution is -2.16. The van der Waals surface area contributed by atoms with Crippen molar-refractivity contribution in [1.29, 1.82) is 0 Å². The molecule has 0 fully saturated rings. The number of hydrogen-bond acceptors (Lipinski definition) is 2. The lowest BCUT2D eigenvalue weighted by atomic mass is 10.1. The van der Waals surface area contributed by atoms with E-state index in [4.69, 9.17) is 11.6 Å². The van der Waals surface area contributed by atoms with Crippen LogP contribution in [0.5, 0.6) is 0 Å². The average molecular weight is 439 g/mol. The van der Waals surface area contributed by atoms with Crippen molar-refractivity contribution in [3.63, 3.8) is 0 Å². The largest absolute Gasteiger partial charge is 0.379 e. The van der Waals surface area contributed by atoms with Crippen molar-refractivity contribution in [2.45, 2.75) is 39.9 Å². The molecule has 0 aliphatic heterocycles.